The number of aryl methyl sites for hydroxylation is 3. The van der Waals surface area contributed by atoms with Gasteiger partial charge in [0.1, 0.15) is 0 Å². The van der Waals surface area contributed by atoms with E-state index in [-0.39, 0.29) is 6.04 Å². The highest BCUT2D eigenvalue weighted by molar-refractivity contribution is 6.34. The van der Waals surface area contributed by atoms with Crippen LogP contribution >= 0.6 is 23.2 Å². The van der Waals surface area contributed by atoms with Gasteiger partial charge in [0.25, 0.3) is 0 Å². The Morgan fingerprint density at radius 3 is 2.25 bits per heavy atom. The molecule has 0 amide bonds. The van der Waals surface area contributed by atoms with Crippen molar-refractivity contribution in [1.82, 2.24) is 10.3 Å². The average Bonchev–Trinajstić information content (AvgIpc) is 2.38. The average molecular weight is 309 g/mol. The third-order valence-corrected chi connectivity index (χ3v) is 4.10. The molecule has 1 unspecified atom stereocenters. The number of hydrogen-bond donors (Lipinski definition) is 1. The van der Waals surface area contributed by atoms with Gasteiger partial charge in [-0.1, -0.05) is 35.3 Å². The summed E-state index contributed by atoms with van der Waals surface area (Å²) >= 11 is 12.2. The molecule has 2 rings (SSSR count). The molecule has 106 valence electrons. The first-order valence-electron chi connectivity index (χ1n) is 6.50. The monoisotopic (exact) mass is 308 g/mol. The van der Waals surface area contributed by atoms with Crippen LogP contribution in [-0.4, -0.2) is 12.0 Å². The number of nitrogens with zero attached hydrogens (tertiary/aromatic N) is 1. The third-order valence-electron chi connectivity index (χ3n) is 3.59. The fourth-order valence-corrected chi connectivity index (χ4v) is 2.86. The summed E-state index contributed by atoms with van der Waals surface area (Å²) in [4.78, 5) is 4.39. The fraction of sp³-hybridized carbons (Fsp3) is 0.312. The predicted octanol–water partition coefficient (Wildman–Crippen LogP) is 4.62. The quantitative estimate of drug-likeness (QED) is 0.894. The van der Waals surface area contributed by atoms with E-state index >= 15 is 0 Å². The zero-order valence-electron chi connectivity index (χ0n) is 12.1. The number of benzene rings is 1. The molecule has 0 bridgehead atoms. The molecule has 0 aliphatic rings. The van der Waals surface area contributed by atoms with Crippen molar-refractivity contribution in [2.45, 2.75) is 26.8 Å². The van der Waals surface area contributed by atoms with Crippen LogP contribution in [0.4, 0.5) is 0 Å². The molecular formula is C16H18Cl2N2. The van der Waals surface area contributed by atoms with E-state index in [9.17, 15) is 0 Å². The summed E-state index contributed by atoms with van der Waals surface area (Å²) in [5, 5.41) is 4.42. The maximum Gasteiger partial charge on any atom is 0.0805 e. The van der Waals surface area contributed by atoms with E-state index in [1.807, 2.05) is 7.05 Å². The third kappa shape index (κ3) is 2.98. The molecule has 0 aliphatic heterocycles. The Labute approximate surface area is 130 Å². The Kier molecular flexibility index (Phi) is 4.69. The van der Waals surface area contributed by atoms with Gasteiger partial charge < -0.3 is 5.32 Å². The number of rotatable bonds is 3. The van der Waals surface area contributed by atoms with Crippen molar-refractivity contribution in [1.29, 1.82) is 0 Å². The molecule has 4 heteroatoms. The van der Waals surface area contributed by atoms with Crippen molar-refractivity contribution < 1.29 is 0 Å². The molecule has 2 nitrogen and oxygen atoms in total. The Hall–Kier alpha value is -1.09. The van der Waals surface area contributed by atoms with Crippen LogP contribution in [0.3, 0.4) is 0 Å². The zero-order chi connectivity index (χ0) is 14.9. The molecule has 1 heterocycles. The SMILES string of the molecule is CNC(c1cc(C)c(C)cc1C)c1ncc(Cl)cc1Cl. The van der Waals surface area contributed by atoms with E-state index in [2.05, 4.69) is 43.2 Å². The number of hydrogen-bond acceptors (Lipinski definition) is 2. The van der Waals surface area contributed by atoms with Crippen LogP contribution in [0.5, 0.6) is 0 Å². The summed E-state index contributed by atoms with van der Waals surface area (Å²) in [7, 11) is 1.91. The lowest BCUT2D eigenvalue weighted by atomic mass is 9.94. The van der Waals surface area contributed by atoms with Gasteiger partial charge in [0, 0.05) is 6.20 Å². The van der Waals surface area contributed by atoms with Crippen molar-refractivity contribution in [3.8, 4) is 0 Å². The molecule has 0 spiro atoms. The molecule has 0 saturated carbocycles. The minimum atomic E-state index is -0.0425. The second-order valence-electron chi connectivity index (χ2n) is 5.04. The summed E-state index contributed by atoms with van der Waals surface area (Å²) < 4.78 is 0. The van der Waals surface area contributed by atoms with E-state index in [1.165, 1.54) is 22.3 Å². The minimum Gasteiger partial charge on any atom is -0.308 e. The number of nitrogens with one attached hydrogen (secondary N) is 1. The normalized spacial score (nSPS) is 12.5. The number of aromatic nitrogens is 1. The van der Waals surface area contributed by atoms with Crippen LogP contribution in [0.2, 0.25) is 10.0 Å². The lowest BCUT2D eigenvalue weighted by Crippen LogP contribution is -2.20. The second kappa shape index (κ2) is 6.13. The molecular weight excluding hydrogens is 291 g/mol. The first-order chi connectivity index (χ1) is 9.43. The largest absolute Gasteiger partial charge is 0.308 e. The molecule has 1 aromatic carbocycles. The molecule has 2 aromatic rings. The fourth-order valence-electron chi connectivity index (χ4n) is 2.37. The van der Waals surface area contributed by atoms with E-state index in [0.717, 1.165) is 5.69 Å². The van der Waals surface area contributed by atoms with E-state index < -0.39 is 0 Å². The topological polar surface area (TPSA) is 24.9 Å². The predicted molar refractivity (Wildman–Crippen MR) is 85.8 cm³/mol. The highest BCUT2D eigenvalue weighted by atomic mass is 35.5. The Balaban J connectivity index is 2.55. The maximum absolute atomic E-state index is 6.29. The number of halogens is 2. The maximum atomic E-state index is 6.29. The van der Waals surface area contributed by atoms with Crippen molar-refractivity contribution in [3.05, 3.63) is 62.4 Å². The first-order valence-corrected chi connectivity index (χ1v) is 7.25. The van der Waals surface area contributed by atoms with Crippen LogP contribution in [-0.2, 0) is 0 Å². The summed E-state index contributed by atoms with van der Waals surface area (Å²) in [5.74, 6) is 0. The summed E-state index contributed by atoms with van der Waals surface area (Å²) in [6, 6.07) is 6.07. The highest BCUT2D eigenvalue weighted by Gasteiger charge is 2.19. The van der Waals surface area contributed by atoms with Gasteiger partial charge in [0.2, 0.25) is 0 Å². The Morgan fingerprint density at radius 2 is 1.65 bits per heavy atom. The lowest BCUT2D eigenvalue weighted by molar-refractivity contribution is 0.666. The van der Waals surface area contributed by atoms with Gasteiger partial charge >= 0.3 is 0 Å². The molecule has 20 heavy (non-hydrogen) atoms. The zero-order valence-corrected chi connectivity index (χ0v) is 13.6. The van der Waals surface area contributed by atoms with Crippen LogP contribution in [0.15, 0.2) is 24.4 Å². The van der Waals surface area contributed by atoms with Crippen molar-refractivity contribution in [2.75, 3.05) is 7.05 Å². The van der Waals surface area contributed by atoms with Crippen LogP contribution in [0.1, 0.15) is 34.0 Å². The first kappa shape index (κ1) is 15.3. The molecule has 0 radical (unpaired) electrons. The molecule has 1 N–H and O–H groups in total. The Bertz CT molecular complexity index is 639. The van der Waals surface area contributed by atoms with Crippen LogP contribution in [0, 0.1) is 20.8 Å². The summed E-state index contributed by atoms with van der Waals surface area (Å²) in [5.41, 5.74) is 5.75. The molecule has 0 saturated heterocycles. The molecule has 1 atom stereocenters. The van der Waals surface area contributed by atoms with Gasteiger partial charge in [-0.3, -0.25) is 4.98 Å². The number of pyridine rings is 1. The van der Waals surface area contributed by atoms with E-state index in [0.29, 0.717) is 10.0 Å². The highest BCUT2D eigenvalue weighted by Crippen LogP contribution is 2.31. The smallest absolute Gasteiger partial charge is 0.0805 e. The van der Waals surface area contributed by atoms with E-state index in [1.54, 1.807) is 12.3 Å². The summed E-state index contributed by atoms with van der Waals surface area (Å²) in [6.07, 6.45) is 1.63. The Morgan fingerprint density at radius 1 is 1.00 bits per heavy atom. The van der Waals surface area contributed by atoms with Crippen molar-refractivity contribution >= 4 is 23.2 Å². The van der Waals surface area contributed by atoms with Crippen molar-refractivity contribution in [3.63, 3.8) is 0 Å². The van der Waals surface area contributed by atoms with Crippen molar-refractivity contribution in [2.24, 2.45) is 0 Å². The standard InChI is InChI=1S/C16H18Cl2N2/c1-9-5-11(3)13(6-10(9)2)15(19-4)16-14(18)7-12(17)8-20-16/h5-8,15,19H,1-4H3. The lowest BCUT2D eigenvalue weighted by Gasteiger charge is -2.21. The minimum absolute atomic E-state index is 0.0425. The van der Waals surface area contributed by atoms with Gasteiger partial charge in [-0.15, -0.1) is 0 Å². The van der Waals surface area contributed by atoms with Gasteiger partial charge in [0.15, 0.2) is 0 Å². The summed E-state index contributed by atoms with van der Waals surface area (Å²) in [6.45, 7) is 6.34. The molecule has 0 aliphatic carbocycles. The molecule has 1 aromatic heterocycles. The van der Waals surface area contributed by atoms with Gasteiger partial charge in [-0.25, -0.2) is 0 Å². The van der Waals surface area contributed by atoms with E-state index in [4.69, 9.17) is 23.2 Å². The van der Waals surface area contributed by atoms with Crippen LogP contribution in [0.25, 0.3) is 0 Å². The van der Waals surface area contributed by atoms with Gasteiger partial charge in [0.05, 0.1) is 21.8 Å². The van der Waals surface area contributed by atoms with Gasteiger partial charge in [-0.05, 0) is 56.1 Å². The molecule has 0 fully saturated rings. The van der Waals surface area contributed by atoms with Gasteiger partial charge in [-0.2, -0.15) is 0 Å². The van der Waals surface area contributed by atoms with Crippen LogP contribution < -0.4 is 5.32 Å². The second-order valence-corrected chi connectivity index (χ2v) is 5.88.